The van der Waals surface area contributed by atoms with Crippen molar-refractivity contribution in [1.29, 1.82) is 0 Å². The van der Waals surface area contributed by atoms with Gasteiger partial charge < -0.3 is 14.4 Å². The number of carbonyl (C=O) groups excluding carboxylic acids is 1. The van der Waals surface area contributed by atoms with Crippen molar-refractivity contribution < 1.29 is 22.5 Å². The van der Waals surface area contributed by atoms with Crippen LogP contribution in [0.1, 0.15) is 29.3 Å². The minimum absolute atomic E-state index is 0.104. The smallest absolute Gasteiger partial charge is 0.361 e. The number of fused-ring (bicyclic) bond motifs is 1. The van der Waals surface area contributed by atoms with Crippen molar-refractivity contribution in [3.05, 3.63) is 71.7 Å². The number of hydrogen-bond acceptors (Lipinski definition) is 4. The molecule has 2 aromatic heterocycles. The summed E-state index contributed by atoms with van der Waals surface area (Å²) in [5.74, 6) is 0.356. The Kier molecular flexibility index (Phi) is 4.53. The van der Waals surface area contributed by atoms with E-state index in [2.05, 4.69) is 15.1 Å². The number of amides is 1. The number of likely N-dealkylation sites (tertiary alicyclic amines) is 1. The summed E-state index contributed by atoms with van der Waals surface area (Å²) in [7, 11) is 0. The number of carbonyl (C=O) groups is 1. The van der Waals surface area contributed by atoms with Gasteiger partial charge in [-0.25, -0.2) is 0 Å². The van der Waals surface area contributed by atoms with Gasteiger partial charge in [0.05, 0.1) is 5.56 Å². The van der Waals surface area contributed by atoms with Gasteiger partial charge in [0.15, 0.2) is 5.82 Å². The molecule has 4 aromatic rings. The molecule has 0 radical (unpaired) electrons. The molecule has 0 saturated carbocycles. The third-order valence-corrected chi connectivity index (χ3v) is 5.47. The SMILES string of the molecule is O=C1CC(c2noc(-c3cccc4[nH]ccc34)n2)CN1Cc1cccc(C(F)(F)F)c1. The molecular weight excluding hydrogens is 409 g/mol. The zero-order valence-corrected chi connectivity index (χ0v) is 16.2. The van der Waals surface area contributed by atoms with Crippen LogP contribution in [0.3, 0.4) is 0 Å². The fourth-order valence-electron chi connectivity index (χ4n) is 3.95. The Morgan fingerprint density at radius 2 is 2.00 bits per heavy atom. The highest BCUT2D eigenvalue weighted by atomic mass is 19.4. The third kappa shape index (κ3) is 3.67. The zero-order valence-electron chi connectivity index (χ0n) is 16.2. The molecule has 6 nitrogen and oxygen atoms in total. The topological polar surface area (TPSA) is 75.0 Å². The van der Waals surface area contributed by atoms with E-state index in [1.165, 1.54) is 11.0 Å². The minimum atomic E-state index is -4.42. The summed E-state index contributed by atoms with van der Waals surface area (Å²) in [6.45, 7) is 0.426. The number of alkyl halides is 3. The highest BCUT2D eigenvalue weighted by Gasteiger charge is 2.35. The van der Waals surface area contributed by atoms with Crippen LogP contribution in [0, 0.1) is 0 Å². The Balaban J connectivity index is 1.34. The van der Waals surface area contributed by atoms with E-state index >= 15 is 0 Å². The molecule has 1 fully saturated rings. The summed E-state index contributed by atoms with van der Waals surface area (Å²) >= 11 is 0. The minimum Gasteiger partial charge on any atom is -0.361 e. The molecule has 1 aliphatic rings. The van der Waals surface area contributed by atoms with Gasteiger partial charge in [0.25, 0.3) is 5.89 Å². The van der Waals surface area contributed by atoms with Crippen molar-refractivity contribution in [2.45, 2.75) is 25.1 Å². The van der Waals surface area contributed by atoms with Crippen LogP contribution in [-0.4, -0.2) is 32.5 Å². The van der Waals surface area contributed by atoms with Crippen LogP contribution >= 0.6 is 0 Å². The van der Waals surface area contributed by atoms with Crippen LogP contribution in [0.5, 0.6) is 0 Å². The van der Waals surface area contributed by atoms with Crippen LogP contribution in [0.4, 0.5) is 13.2 Å². The normalized spacial score (nSPS) is 17.1. The van der Waals surface area contributed by atoms with Crippen LogP contribution in [0.25, 0.3) is 22.4 Å². The molecule has 31 heavy (non-hydrogen) atoms. The Labute approximate surface area is 174 Å². The van der Waals surface area contributed by atoms with Gasteiger partial charge in [-0.3, -0.25) is 4.79 Å². The van der Waals surface area contributed by atoms with E-state index < -0.39 is 11.7 Å². The van der Waals surface area contributed by atoms with Crippen LogP contribution in [0.15, 0.2) is 59.3 Å². The number of nitrogens with one attached hydrogen (secondary N) is 1. The first-order valence-corrected chi connectivity index (χ1v) is 9.72. The quantitative estimate of drug-likeness (QED) is 0.511. The van der Waals surface area contributed by atoms with Crippen molar-refractivity contribution >= 4 is 16.8 Å². The third-order valence-electron chi connectivity index (χ3n) is 5.47. The predicted octanol–water partition coefficient (Wildman–Crippen LogP) is 4.75. The summed E-state index contributed by atoms with van der Waals surface area (Å²) in [6, 6.07) is 12.7. The first-order chi connectivity index (χ1) is 14.9. The maximum absolute atomic E-state index is 13.0. The van der Waals surface area contributed by atoms with E-state index in [1.54, 1.807) is 6.07 Å². The molecule has 1 aliphatic heterocycles. The van der Waals surface area contributed by atoms with Crippen LogP contribution in [0.2, 0.25) is 0 Å². The van der Waals surface area contributed by atoms with Crippen molar-refractivity contribution in [3.8, 4) is 11.5 Å². The molecule has 1 saturated heterocycles. The van der Waals surface area contributed by atoms with Crippen LogP contribution in [-0.2, 0) is 17.5 Å². The van der Waals surface area contributed by atoms with Gasteiger partial charge >= 0.3 is 6.18 Å². The highest BCUT2D eigenvalue weighted by Crippen LogP contribution is 2.33. The highest BCUT2D eigenvalue weighted by molar-refractivity contribution is 5.92. The van der Waals surface area contributed by atoms with Gasteiger partial charge in [0.1, 0.15) is 0 Å². The van der Waals surface area contributed by atoms with Gasteiger partial charge in [-0.1, -0.05) is 23.4 Å². The first-order valence-electron chi connectivity index (χ1n) is 9.72. The number of halogens is 3. The molecule has 1 amide bonds. The van der Waals surface area contributed by atoms with Gasteiger partial charge in [-0.05, 0) is 35.9 Å². The Bertz CT molecular complexity index is 1260. The number of hydrogen-bond donors (Lipinski definition) is 1. The van der Waals surface area contributed by atoms with Gasteiger partial charge in [-0.15, -0.1) is 0 Å². The Morgan fingerprint density at radius 1 is 1.16 bits per heavy atom. The van der Waals surface area contributed by atoms with Crippen LogP contribution < -0.4 is 0 Å². The molecule has 1 N–H and O–H groups in total. The Hall–Kier alpha value is -3.62. The van der Waals surface area contributed by atoms with Crippen molar-refractivity contribution in [3.63, 3.8) is 0 Å². The number of aromatic amines is 1. The molecule has 1 unspecified atom stereocenters. The first kappa shape index (κ1) is 19.3. The average Bonchev–Trinajstić information content (AvgIpc) is 3.47. The van der Waals surface area contributed by atoms with E-state index in [-0.39, 0.29) is 24.8 Å². The summed E-state index contributed by atoms with van der Waals surface area (Å²) in [5, 5.41) is 5.01. The standard InChI is InChI=1S/C22H17F3N4O2/c23-22(24,25)15-4-1-3-13(9-15)11-29-12-14(10-19(29)30)20-27-21(31-28-20)17-5-2-6-18-16(17)7-8-26-18/h1-9,14,26H,10-12H2. The average molecular weight is 426 g/mol. The lowest BCUT2D eigenvalue weighted by atomic mass is 10.1. The maximum atomic E-state index is 13.0. The zero-order chi connectivity index (χ0) is 21.6. The number of H-pyrrole nitrogens is 1. The molecule has 9 heteroatoms. The summed E-state index contributed by atoms with van der Waals surface area (Å²) in [5.41, 5.74) is 1.44. The predicted molar refractivity (Wildman–Crippen MR) is 106 cm³/mol. The molecule has 0 aliphatic carbocycles. The summed E-state index contributed by atoms with van der Waals surface area (Å²) in [4.78, 5) is 21.6. The van der Waals surface area contributed by atoms with E-state index in [0.29, 0.717) is 23.8 Å². The second-order valence-electron chi connectivity index (χ2n) is 7.58. The fourth-order valence-corrected chi connectivity index (χ4v) is 3.95. The second kappa shape index (κ2) is 7.26. The fraction of sp³-hybridized carbons (Fsp3) is 0.227. The molecule has 5 rings (SSSR count). The number of aromatic nitrogens is 3. The van der Waals surface area contributed by atoms with Crippen molar-refractivity contribution in [2.75, 3.05) is 6.54 Å². The molecule has 2 aromatic carbocycles. The molecule has 0 bridgehead atoms. The lowest BCUT2D eigenvalue weighted by Crippen LogP contribution is -2.24. The maximum Gasteiger partial charge on any atom is 0.416 e. The lowest BCUT2D eigenvalue weighted by molar-refractivity contribution is -0.137. The molecule has 158 valence electrons. The van der Waals surface area contributed by atoms with E-state index in [1.807, 2.05) is 30.5 Å². The largest absolute Gasteiger partial charge is 0.416 e. The lowest BCUT2D eigenvalue weighted by Gasteiger charge is -2.17. The Morgan fingerprint density at radius 3 is 2.84 bits per heavy atom. The second-order valence-corrected chi connectivity index (χ2v) is 7.58. The van der Waals surface area contributed by atoms with Crippen molar-refractivity contribution in [1.82, 2.24) is 20.0 Å². The summed E-state index contributed by atoms with van der Waals surface area (Å²) in [6.07, 6.45) is -2.41. The van der Waals surface area contributed by atoms with E-state index in [0.717, 1.165) is 28.6 Å². The van der Waals surface area contributed by atoms with Gasteiger partial charge in [-0.2, -0.15) is 18.2 Å². The molecule has 1 atom stereocenters. The monoisotopic (exact) mass is 426 g/mol. The number of rotatable bonds is 4. The van der Waals surface area contributed by atoms with Gasteiger partial charge in [0, 0.05) is 48.1 Å². The molecule has 3 heterocycles. The number of benzene rings is 2. The molecular formula is C22H17F3N4O2. The van der Waals surface area contributed by atoms with Gasteiger partial charge in [0.2, 0.25) is 5.91 Å². The van der Waals surface area contributed by atoms with Crippen molar-refractivity contribution in [2.24, 2.45) is 0 Å². The van der Waals surface area contributed by atoms with E-state index in [4.69, 9.17) is 4.52 Å². The number of nitrogens with zero attached hydrogens (tertiary/aromatic N) is 3. The van der Waals surface area contributed by atoms with E-state index in [9.17, 15) is 18.0 Å². The summed E-state index contributed by atoms with van der Waals surface area (Å²) < 4.78 is 44.3. The molecule has 0 spiro atoms.